The molecule has 4 aromatic rings. The summed E-state index contributed by atoms with van der Waals surface area (Å²) in [5.41, 5.74) is 4.68. The Balaban J connectivity index is 1.87. The molecule has 0 N–H and O–H groups in total. The van der Waals surface area contributed by atoms with E-state index in [-0.39, 0.29) is 0 Å². The second kappa shape index (κ2) is 8.74. The van der Waals surface area contributed by atoms with E-state index in [0.717, 1.165) is 42.8 Å². The van der Waals surface area contributed by atoms with Gasteiger partial charge in [0.1, 0.15) is 11.4 Å². The molecule has 0 saturated heterocycles. The van der Waals surface area contributed by atoms with Crippen LogP contribution in [0.1, 0.15) is 5.56 Å². The molecule has 0 radical (unpaired) electrons. The quantitative estimate of drug-likeness (QED) is 0.267. The number of halogens is 3. The van der Waals surface area contributed by atoms with Crippen LogP contribution in [-0.4, -0.2) is 16.9 Å². The molecule has 3 aromatic carbocycles. The number of ether oxygens (including phenoxy) is 1. The van der Waals surface area contributed by atoms with Crippen molar-refractivity contribution in [1.82, 2.24) is 9.78 Å². The number of benzene rings is 3. The van der Waals surface area contributed by atoms with Gasteiger partial charge in [-0.2, -0.15) is 5.10 Å². The van der Waals surface area contributed by atoms with E-state index in [9.17, 15) is 0 Å². The largest absolute Gasteiger partial charge is 0.497 e. The highest BCUT2D eigenvalue weighted by molar-refractivity contribution is 9.10. The monoisotopic (exact) mass is 530 g/mol. The summed E-state index contributed by atoms with van der Waals surface area (Å²) in [7, 11) is 1.67. The molecular weight excluding hydrogens is 516 g/mol. The minimum Gasteiger partial charge on any atom is -0.497 e. The van der Waals surface area contributed by atoms with E-state index in [1.54, 1.807) is 7.11 Å². The number of aromatic nitrogens is 2. The van der Waals surface area contributed by atoms with Gasteiger partial charge in [0.05, 0.1) is 24.4 Å². The first-order valence-electron chi connectivity index (χ1n) is 8.96. The van der Waals surface area contributed by atoms with Crippen molar-refractivity contribution in [2.24, 2.45) is 0 Å². The Bertz CT molecular complexity index is 1170. The van der Waals surface area contributed by atoms with E-state index in [1.165, 1.54) is 0 Å². The van der Waals surface area contributed by atoms with Gasteiger partial charge >= 0.3 is 0 Å². The Morgan fingerprint density at radius 1 is 0.897 bits per heavy atom. The Hall–Kier alpha value is -2.08. The molecule has 0 fully saturated rings. The summed E-state index contributed by atoms with van der Waals surface area (Å²) in [6, 6.07) is 24.1. The molecule has 0 saturated carbocycles. The summed E-state index contributed by atoms with van der Waals surface area (Å²) in [6.07, 6.45) is 0. The lowest BCUT2D eigenvalue weighted by atomic mass is 10.1. The minimum atomic E-state index is 0.576. The third kappa shape index (κ3) is 4.42. The van der Waals surface area contributed by atoms with Gasteiger partial charge in [-0.25, -0.2) is 0 Å². The molecule has 146 valence electrons. The summed E-state index contributed by atoms with van der Waals surface area (Å²) in [5.74, 6) is 0.817. The van der Waals surface area contributed by atoms with Gasteiger partial charge in [0.2, 0.25) is 0 Å². The van der Waals surface area contributed by atoms with Crippen molar-refractivity contribution in [3.05, 3.63) is 92.3 Å². The lowest BCUT2D eigenvalue weighted by Crippen LogP contribution is -2.04. The molecule has 0 aliphatic carbocycles. The smallest absolute Gasteiger partial charge is 0.119 e. The predicted octanol–water partition coefficient (Wildman–Crippen LogP) is 7.45. The standard InChI is InChI=1S/C23H17Br2ClN2O/c1-29-20-10-2-5-15(11-20)14-28-23(17-7-4-9-19(25)13-17)21(26)22(27-28)16-6-3-8-18(24)12-16/h2-13H,14H2,1H3. The Morgan fingerprint density at radius 3 is 2.24 bits per heavy atom. The molecule has 6 heteroatoms. The Morgan fingerprint density at radius 2 is 1.55 bits per heavy atom. The van der Waals surface area contributed by atoms with Gasteiger partial charge in [0.15, 0.2) is 0 Å². The molecule has 29 heavy (non-hydrogen) atoms. The molecule has 0 spiro atoms. The van der Waals surface area contributed by atoms with Crippen molar-refractivity contribution in [1.29, 1.82) is 0 Å². The van der Waals surface area contributed by atoms with Crippen LogP contribution >= 0.6 is 43.5 Å². The average Bonchev–Trinajstić information content (AvgIpc) is 3.04. The fourth-order valence-electron chi connectivity index (χ4n) is 3.23. The lowest BCUT2D eigenvalue weighted by molar-refractivity contribution is 0.414. The molecule has 0 aliphatic rings. The summed E-state index contributed by atoms with van der Waals surface area (Å²) < 4.78 is 9.29. The number of methoxy groups -OCH3 is 1. The van der Waals surface area contributed by atoms with Crippen LogP contribution in [0.15, 0.2) is 81.7 Å². The van der Waals surface area contributed by atoms with Gasteiger partial charge in [0, 0.05) is 20.1 Å². The van der Waals surface area contributed by atoms with Gasteiger partial charge in [0.25, 0.3) is 0 Å². The van der Waals surface area contributed by atoms with E-state index in [0.29, 0.717) is 11.6 Å². The maximum atomic E-state index is 6.89. The van der Waals surface area contributed by atoms with Crippen LogP contribution in [0, 0.1) is 0 Å². The molecule has 1 aromatic heterocycles. The molecule has 0 bridgehead atoms. The third-order valence-electron chi connectivity index (χ3n) is 4.56. The first kappa shape index (κ1) is 20.2. The van der Waals surface area contributed by atoms with E-state index < -0.39 is 0 Å². The van der Waals surface area contributed by atoms with Crippen molar-refractivity contribution in [3.8, 4) is 28.3 Å². The zero-order chi connectivity index (χ0) is 20.4. The lowest BCUT2D eigenvalue weighted by Gasteiger charge is -2.10. The highest BCUT2D eigenvalue weighted by Crippen LogP contribution is 2.38. The van der Waals surface area contributed by atoms with Crippen molar-refractivity contribution < 1.29 is 4.74 Å². The second-order valence-corrected chi connectivity index (χ2v) is 8.75. The Kier molecular flexibility index (Phi) is 6.09. The summed E-state index contributed by atoms with van der Waals surface area (Å²) in [6.45, 7) is 0.576. The molecule has 3 nitrogen and oxygen atoms in total. The van der Waals surface area contributed by atoms with E-state index in [4.69, 9.17) is 21.4 Å². The van der Waals surface area contributed by atoms with Gasteiger partial charge in [-0.1, -0.05) is 79.9 Å². The van der Waals surface area contributed by atoms with Crippen molar-refractivity contribution in [3.63, 3.8) is 0 Å². The summed E-state index contributed by atoms with van der Waals surface area (Å²) in [4.78, 5) is 0. The van der Waals surface area contributed by atoms with Gasteiger partial charge in [-0.05, 0) is 42.0 Å². The topological polar surface area (TPSA) is 27.1 Å². The third-order valence-corrected chi connectivity index (χ3v) is 5.90. The number of nitrogens with zero attached hydrogens (tertiary/aromatic N) is 2. The van der Waals surface area contributed by atoms with Crippen molar-refractivity contribution in [2.45, 2.75) is 6.54 Å². The number of rotatable bonds is 5. The number of hydrogen-bond acceptors (Lipinski definition) is 2. The molecule has 4 rings (SSSR count). The maximum absolute atomic E-state index is 6.89. The zero-order valence-corrected chi connectivity index (χ0v) is 19.5. The summed E-state index contributed by atoms with van der Waals surface area (Å²) in [5, 5.41) is 5.51. The predicted molar refractivity (Wildman–Crippen MR) is 126 cm³/mol. The van der Waals surface area contributed by atoms with Gasteiger partial charge in [-0.3, -0.25) is 4.68 Å². The van der Waals surface area contributed by atoms with E-state index in [2.05, 4.69) is 44.0 Å². The van der Waals surface area contributed by atoms with E-state index >= 15 is 0 Å². The highest BCUT2D eigenvalue weighted by atomic mass is 79.9. The summed E-state index contributed by atoms with van der Waals surface area (Å²) >= 11 is 14.0. The average molecular weight is 533 g/mol. The van der Waals surface area contributed by atoms with Crippen LogP contribution in [0.5, 0.6) is 5.75 Å². The van der Waals surface area contributed by atoms with Crippen molar-refractivity contribution >= 4 is 43.5 Å². The van der Waals surface area contributed by atoms with Crippen LogP contribution in [0.3, 0.4) is 0 Å². The molecule has 0 aliphatic heterocycles. The van der Waals surface area contributed by atoms with Crippen LogP contribution in [0.4, 0.5) is 0 Å². The normalized spacial score (nSPS) is 10.9. The van der Waals surface area contributed by atoms with Crippen LogP contribution in [0.25, 0.3) is 22.5 Å². The van der Waals surface area contributed by atoms with Crippen molar-refractivity contribution in [2.75, 3.05) is 7.11 Å². The van der Waals surface area contributed by atoms with Gasteiger partial charge < -0.3 is 4.74 Å². The molecule has 0 atom stereocenters. The number of hydrogen-bond donors (Lipinski definition) is 0. The highest BCUT2D eigenvalue weighted by Gasteiger charge is 2.20. The zero-order valence-electron chi connectivity index (χ0n) is 15.6. The van der Waals surface area contributed by atoms with Crippen LogP contribution < -0.4 is 4.74 Å². The van der Waals surface area contributed by atoms with E-state index in [1.807, 2.05) is 65.3 Å². The fraction of sp³-hybridized carbons (Fsp3) is 0.0870. The second-order valence-electron chi connectivity index (χ2n) is 6.54. The first-order chi connectivity index (χ1) is 14.0. The first-order valence-corrected chi connectivity index (χ1v) is 10.9. The molecule has 1 heterocycles. The van der Waals surface area contributed by atoms with Gasteiger partial charge in [-0.15, -0.1) is 0 Å². The molecular formula is C23H17Br2ClN2O. The van der Waals surface area contributed by atoms with Crippen LogP contribution in [0.2, 0.25) is 5.02 Å². The molecule has 0 amide bonds. The SMILES string of the molecule is COc1cccc(Cn2nc(-c3cccc(Br)c3)c(Cl)c2-c2cccc(Br)c2)c1. The Labute approximate surface area is 191 Å². The minimum absolute atomic E-state index is 0.576. The molecule has 0 unspecified atom stereocenters. The van der Waals surface area contributed by atoms with Crippen LogP contribution in [-0.2, 0) is 6.54 Å². The fourth-order valence-corrected chi connectivity index (χ4v) is 4.38. The maximum Gasteiger partial charge on any atom is 0.119 e.